The van der Waals surface area contributed by atoms with Crippen LogP contribution in [0.15, 0.2) is 0 Å². The zero-order chi connectivity index (χ0) is 14.1. The van der Waals surface area contributed by atoms with E-state index in [-0.39, 0.29) is 22.4 Å². The van der Waals surface area contributed by atoms with Crippen molar-refractivity contribution in [3.05, 3.63) is 0 Å². The van der Waals surface area contributed by atoms with Crippen LogP contribution in [-0.4, -0.2) is 11.6 Å². The van der Waals surface area contributed by atoms with Crippen LogP contribution in [-0.2, 0) is 0 Å². The molecule has 0 heterocycles. The van der Waals surface area contributed by atoms with Gasteiger partial charge in [0.15, 0.2) is 0 Å². The minimum absolute atomic E-state index is 0.0661. The highest BCUT2D eigenvalue weighted by atomic mass is 14.8. The Hall–Kier alpha value is -0.0800. The van der Waals surface area contributed by atoms with Crippen LogP contribution < -0.4 is 11.5 Å². The molecule has 1 atom stereocenters. The van der Waals surface area contributed by atoms with E-state index in [2.05, 4.69) is 55.4 Å². The van der Waals surface area contributed by atoms with Gasteiger partial charge in [-0.05, 0) is 43.4 Å². The van der Waals surface area contributed by atoms with Gasteiger partial charge in [-0.2, -0.15) is 0 Å². The third-order valence-electron chi connectivity index (χ3n) is 3.53. The Kier molecular flexibility index (Phi) is 5.25. The summed E-state index contributed by atoms with van der Waals surface area (Å²) in [6, 6.07) is 0.167. The molecule has 104 valence electrons. The van der Waals surface area contributed by atoms with E-state index in [1.165, 1.54) is 0 Å². The predicted octanol–water partition coefficient (Wildman–Crippen LogP) is 3.54. The van der Waals surface area contributed by atoms with E-state index < -0.39 is 0 Å². The molecule has 4 N–H and O–H groups in total. The molecule has 0 aromatic heterocycles. The molecule has 0 spiro atoms. The van der Waals surface area contributed by atoms with Crippen molar-refractivity contribution < 1.29 is 0 Å². The van der Waals surface area contributed by atoms with E-state index in [9.17, 15) is 0 Å². The molecule has 17 heavy (non-hydrogen) atoms. The highest BCUT2D eigenvalue weighted by Gasteiger charge is 2.40. The molecular weight excluding hydrogens is 208 g/mol. The van der Waals surface area contributed by atoms with Gasteiger partial charge >= 0.3 is 0 Å². The van der Waals surface area contributed by atoms with Crippen LogP contribution in [0.5, 0.6) is 0 Å². The molecular formula is C15H34N2. The van der Waals surface area contributed by atoms with Crippen molar-refractivity contribution in [3.8, 4) is 0 Å². The van der Waals surface area contributed by atoms with Gasteiger partial charge in [0.2, 0.25) is 0 Å². The smallest absolute Gasteiger partial charge is 0.0143 e. The molecule has 0 aliphatic heterocycles. The van der Waals surface area contributed by atoms with E-state index >= 15 is 0 Å². The first kappa shape index (κ1) is 16.9. The largest absolute Gasteiger partial charge is 0.327 e. The molecule has 0 fully saturated rings. The number of hydrogen-bond acceptors (Lipinski definition) is 2. The topological polar surface area (TPSA) is 52.0 Å². The van der Waals surface area contributed by atoms with Crippen molar-refractivity contribution in [1.29, 1.82) is 0 Å². The van der Waals surface area contributed by atoms with Crippen LogP contribution in [0.1, 0.15) is 68.2 Å². The molecule has 0 radical (unpaired) electrons. The predicted molar refractivity (Wildman–Crippen MR) is 77.9 cm³/mol. The fourth-order valence-electron chi connectivity index (χ4n) is 3.52. The fraction of sp³-hybridized carbons (Fsp3) is 1.00. The van der Waals surface area contributed by atoms with Gasteiger partial charge < -0.3 is 11.5 Å². The molecule has 1 unspecified atom stereocenters. The third kappa shape index (κ3) is 5.87. The summed E-state index contributed by atoms with van der Waals surface area (Å²) >= 11 is 0. The van der Waals surface area contributed by atoms with Crippen LogP contribution in [0.25, 0.3) is 0 Å². The molecule has 0 aliphatic carbocycles. The van der Waals surface area contributed by atoms with Gasteiger partial charge in [-0.1, -0.05) is 41.5 Å². The maximum absolute atomic E-state index is 6.53. The zero-order valence-electron chi connectivity index (χ0n) is 13.2. The zero-order valence-corrected chi connectivity index (χ0v) is 13.2. The summed E-state index contributed by atoms with van der Waals surface area (Å²) in [6.45, 7) is 17.7. The van der Waals surface area contributed by atoms with Crippen molar-refractivity contribution in [1.82, 2.24) is 0 Å². The van der Waals surface area contributed by atoms with E-state index in [0.29, 0.717) is 5.92 Å². The summed E-state index contributed by atoms with van der Waals surface area (Å²) in [6.07, 6.45) is 2.10. The van der Waals surface area contributed by atoms with E-state index in [1.54, 1.807) is 0 Å². The number of rotatable bonds is 6. The second-order valence-electron chi connectivity index (χ2n) is 8.22. The second kappa shape index (κ2) is 5.27. The second-order valence-corrected chi connectivity index (χ2v) is 8.22. The Bertz CT molecular complexity index is 234. The van der Waals surface area contributed by atoms with Gasteiger partial charge in [0.05, 0.1) is 0 Å². The summed E-state index contributed by atoms with van der Waals surface area (Å²) in [5, 5.41) is 0. The van der Waals surface area contributed by atoms with Crippen LogP contribution >= 0.6 is 0 Å². The van der Waals surface area contributed by atoms with Gasteiger partial charge in [-0.15, -0.1) is 0 Å². The molecule has 0 saturated heterocycles. The molecule has 2 heteroatoms. The van der Waals surface area contributed by atoms with Gasteiger partial charge in [0.25, 0.3) is 0 Å². The summed E-state index contributed by atoms with van der Waals surface area (Å²) in [4.78, 5) is 0. The molecule has 0 aromatic rings. The summed E-state index contributed by atoms with van der Waals surface area (Å²) in [5.74, 6) is 0.678. The highest BCUT2D eigenvalue weighted by Crippen LogP contribution is 2.40. The van der Waals surface area contributed by atoms with Gasteiger partial charge in [0, 0.05) is 11.6 Å². The normalized spacial score (nSPS) is 16.4. The maximum Gasteiger partial charge on any atom is 0.0143 e. The molecule has 0 amide bonds. The monoisotopic (exact) mass is 242 g/mol. The fourth-order valence-corrected chi connectivity index (χ4v) is 3.52. The first-order chi connectivity index (χ1) is 7.28. The lowest BCUT2D eigenvalue weighted by Crippen LogP contribution is -2.52. The molecule has 2 nitrogen and oxygen atoms in total. The van der Waals surface area contributed by atoms with Crippen LogP contribution in [0.3, 0.4) is 0 Å². The minimum Gasteiger partial charge on any atom is -0.327 e. The van der Waals surface area contributed by atoms with Crippen molar-refractivity contribution >= 4 is 0 Å². The van der Waals surface area contributed by atoms with Crippen molar-refractivity contribution in [2.45, 2.75) is 79.8 Å². The van der Waals surface area contributed by atoms with Crippen molar-refractivity contribution in [2.75, 3.05) is 0 Å². The molecule has 0 saturated carbocycles. The van der Waals surface area contributed by atoms with Crippen LogP contribution in [0.2, 0.25) is 0 Å². The van der Waals surface area contributed by atoms with Crippen molar-refractivity contribution in [2.24, 2.45) is 28.2 Å². The van der Waals surface area contributed by atoms with Gasteiger partial charge in [0.1, 0.15) is 0 Å². The Morgan fingerprint density at radius 3 is 1.59 bits per heavy atom. The molecule has 0 bridgehead atoms. The standard InChI is InChI=1S/C15H34N2/c1-11(2)9-13(3,4)12(16)14(5,6)10-15(7,8)17/h11-12H,9-10,16-17H2,1-8H3. The Labute approximate surface area is 109 Å². The summed E-state index contributed by atoms with van der Waals surface area (Å²) in [7, 11) is 0. The van der Waals surface area contributed by atoms with Crippen LogP contribution in [0, 0.1) is 16.7 Å². The third-order valence-corrected chi connectivity index (χ3v) is 3.53. The number of hydrogen-bond donors (Lipinski definition) is 2. The minimum atomic E-state index is -0.158. The number of nitrogens with two attached hydrogens (primary N) is 2. The Balaban J connectivity index is 4.82. The Morgan fingerprint density at radius 2 is 1.29 bits per heavy atom. The first-order valence-electron chi connectivity index (χ1n) is 6.82. The average molecular weight is 242 g/mol. The molecule has 0 aromatic carbocycles. The lowest BCUT2D eigenvalue weighted by atomic mass is 9.64. The highest BCUT2D eigenvalue weighted by molar-refractivity contribution is 4.96. The average Bonchev–Trinajstić information content (AvgIpc) is 1.95. The molecule has 0 rings (SSSR count). The first-order valence-corrected chi connectivity index (χ1v) is 6.82. The van der Waals surface area contributed by atoms with E-state index in [1.807, 2.05) is 0 Å². The lowest BCUT2D eigenvalue weighted by Gasteiger charge is -2.45. The molecule has 0 aliphatic rings. The van der Waals surface area contributed by atoms with E-state index in [0.717, 1.165) is 12.8 Å². The van der Waals surface area contributed by atoms with Crippen LogP contribution in [0.4, 0.5) is 0 Å². The van der Waals surface area contributed by atoms with Gasteiger partial charge in [-0.3, -0.25) is 0 Å². The van der Waals surface area contributed by atoms with E-state index in [4.69, 9.17) is 11.5 Å². The Morgan fingerprint density at radius 1 is 0.882 bits per heavy atom. The summed E-state index contributed by atoms with van der Waals surface area (Å²) in [5.41, 5.74) is 12.7. The summed E-state index contributed by atoms with van der Waals surface area (Å²) < 4.78 is 0. The van der Waals surface area contributed by atoms with Gasteiger partial charge in [-0.25, -0.2) is 0 Å². The quantitative estimate of drug-likeness (QED) is 0.748. The lowest BCUT2D eigenvalue weighted by molar-refractivity contribution is 0.0970. The maximum atomic E-state index is 6.53. The van der Waals surface area contributed by atoms with Crippen molar-refractivity contribution in [3.63, 3.8) is 0 Å². The SMILES string of the molecule is CC(C)CC(C)(C)C(N)C(C)(C)CC(C)(C)N.